The summed E-state index contributed by atoms with van der Waals surface area (Å²) in [6.07, 6.45) is 13.2. The minimum atomic E-state index is 0.768. The molecule has 0 unspecified atom stereocenters. The number of hydrogen-bond donors (Lipinski definition) is 1. The number of hydrogen-bond acceptors (Lipinski definition) is 3. The summed E-state index contributed by atoms with van der Waals surface area (Å²) in [7, 11) is 0. The van der Waals surface area contributed by atoms with E-state index in [1.54, 1.807) is 0 Å². The van der Waals surface area contributed by atoms with Gasteiger partial charge in [0.05, 0.1) is 6.54 Å². The van der Waals surface area contributed by atoms with Crippen LogP contribution in [0, 0.1) is 12.8 Å². The third-order valence-corrected chi connectivity index (χ3v) is 6.91. The maximum Gasteiger partial charge on any atom is 0.120 e. The molecular formula is C24H36N4. The summed E-state index contributed by atoms with van der Waals surface area (Å²) in [5.74, 6) is 1.97. The van der Waals surface area contributed by atoms with E-state index in [-0.39, 0.29) is 0 Å². The van der Waals surface area contributed by atoms with Gasteiger partial charge in [-0.05, 0) is 69.2 Å². The Bertz CT molecular complexity index is 697. The first-order chi connectivity index (χ1) is 13.8. The molecule has 4 nitrogen and oxygen atoms in total. The Morgan fingerprint density at radius 1 is 1.11 bits per heavy atom. The van der Waals surface area contributed by atoms with Crippen LogP contribution in [0.1, 0.15) is 55.5 Å². The normalized spacial score (nSPS) is 19.6. The predicted molar refractivity (Wildman–Crippen MR) is 115 cm³/mol. The summed E-state index contributed by atoms with van der Waals surface area (Å²) in [5.41, 5.74) is 2.94. The van der Waals surface area contributed by atoms with Crippen molar-refractivity contribution < 1.29 is 0 Å². The van der Waals surface area contributed by atoms with E-state index in [9.17, 15) is 0 Å². The Labute approximate surface area is 170 Å². The Morgan fingerprint density at radius 2 is 1.89 bits per heavy atom. The Morgan fingerprint density at radius 3 is 2.61 bits per heavy atom. The van der Waals surface area contributed by atoms with Crippen LogP contribution in [0.15, 0.2) is 36.7 Å². The standard InChI is InChI=1S/C24H36N4/c1-20-6-2-3-7-22(20)12-17-27-15-10-21(11-16-27)18-28(23-8-4-5-9-23)19-24-25-13-14-26-24/h2-3,6-7,13-14,21,23H,4-5,8-12,15-19H2,1H3,(H,25,26). The number of aromatic nitrogens is 2. The van der Waals surface area contributed by atoms with Gasteiger partial charge in [-0.25, -0.2) is 4.98 Å². The minimum Gasteiger partial charge on any atom is -0.348 e. The van der Waals surface area contributed by atoms with Crippen molar-refractivity contribution in [2.45, 2.75) is 64.5 Å². The zero-order valence-electron chi connectivity index (χ0n) is 17.4. The predicted octanol–water partition coefficient (Wildman–Crippen LogP) is 4.42. The van der Waals surface area contributed by atoms with Gasteiger partial charge >= 0.3 is 0 Å². The first-order valence-corrected chi connectivity index (χ1v) is 11.3. The number of nitrogens with one attached hydrogen (secondary N) is 1. The molecule has 4 heteroatoms. The lowest BCUT2D eigenvalue weighted by atomic mass is 9.94. The largest absolute Gasteiger partial charge is 0.348 e. The lowest BCUT2D eigenvalue weighted by Crippen LogP contribution is -2.42. The molecule has 2 fully saturated rings. The molecule has 1 aliphatic heterocycles. The molecule has 1 N–H and O–H groups in total. The van der Waals surface area contributed by atoms with Gasteiger partial charge in [0.25, 0.3) is 0 Å². The average Bonchev–Trinajstić information content (AvgIpc) is 3.42. The van der Waals surface area contributed by atoms with Crippen molar-refractivity contribution in [2.24, 2.45) is 5.92 Å². The van der Waals surface area contributed by atoms with Crippen molar-refractivity contribution in [3.63, 3.8) is 0 Å². The number of aryl methyl sites for hydroxylation is 1. The van der Waals surface area contributed by atoms with Gasteiger partial charge in [0.15, 0.2) is 0 Å². The number of rotatable bonds is 8. The second-order valence-electron chi connectivity index (χ2n) is 8.87. The fourth-order valence-corrected chi connectivity index (χ4v) is 5.08. The highest BCUT2D eigenvalue weighted by molar-refractivity contribution is 5.25. The van der Waals surface area contributed by atoms with Gasteiger partial charge in [0, 0.05) is 31.5 Å². The maximum atomic E-state index is 4.49. The molecule has 1 saturated heterocycles. The van der Waals surface area contributed by atoms with Gasteiger partial charge < -0.3 is 9.88 Å². The molecule has 1 saturated carbocycles. The lowest BCUT2D eigenvalue weighted by molar-refractivity contribution is 0.111. The van der Waals surface area contributed by atoms with Crippen LogP contribution in [0.25, 0.3) is 0 Å². The molecule has 28 heavy (non-hydrogen) atoms. The van der Waals surface area contributed by atoms with E-state index in [2.05, 4.69) is 51.0 Å². The molecule has 0 atom stereocenters. The highest BCUT2D eigenvalue weighted by Gasteiger charge is 2.27. The highest BCUT2D eigenvalue weighted by Crippen LogP contribution is 2.27. The summed E-state index contributed by atoms with van der Waals surface area (Å²) < 4.78 is 0. The SMILES string of the molecule is Cc1ccccc1CCN1CCC(CN(Cc2ncc[nH]2)C2CCCC2)CC1. The summed E-state index contributed by atoms with van der Waals surface area (Å²) >= 11 is 0. The quantitative estimate of drug-likeness (QED) is 0.736. The monoisotopic (exact) mass is 380 g/mol. The van der Waals surface area contributed by atoms with Crippen molar-refractivity contribution >= 4 is 0 Å². The molecule has 0 spiro atoms. The molecule has 2 heterocycles. The van der Waals surface area contributed by atoms with Crippen molar-refractivity contribution in [3.05, 3.63) is 53.6 Å². The molecule has 1 aromatic carbocycles. The topological polar surface area (TPSA) is 35.2 Å². The van der Waals surface area contributed by atoms with Gasteiger partial charge in [0.1, 0.15) is 5.82 Å². The summed E-state index contributed by atoms with van der Waals surface area (Å²) in [4.78, 5) is 13.2. The van der Waals surface area contributed by atoms with Crippen molar-refractivity contribution in [1.82, 2.24) is 19.8 Å². The van der Waals surface area contributed by atoms with Crippen molar-refractivity contribution in [3.8, 4) is 0 Å². The maximum absolute atomic E-state index is 4.49. The minimum absolute atomic E-state index is 0.768. The van der Waals surface area contributed by atoms with Gasteiger partial charge in [0.2, 0.25) is 0 Å². The smallest absolute Gasteiger partial charge is 0.120 e. The van der Waals surface area contributed by atoms with Gasteiger partial charge in [-0.2, -0.15) is 0 Å². The fourth-order valence-electron chi connectivity index (χ4n) is 5.08. The molecule has 0 bridgehead atoms. The van der Waals surface area contributed by atoms with Gasteiger partial charge in [-0.3, -0.25) is 4.90 Å². The van der Waals surface area contributed by atoms with Crippen LogP contribution < -0.4 is 0 Å². The molecule has 1 aromatic heterocycles. The summed E-state index contributed by atoms with van der Waals surface area (Å²) in [5, 5.41) is 0. The number of benzene rings is 1. The van der Waals surface area contributed by atoms with E-state index in [1.807, 2.05) is 12.4 Å². The van der Waals surface area contributed by atoms with Crippen molar-refractivity contribution in [1.29, 1.82) is 0 Å². The van der Waals surface area contributed by atoms with Crippen LogP contribution in [0.3, 0.4) is 0 Å². The van der Waals surface area contributed by atoms with E-state index < -0.39 is 0 Å². The number of imidazole rings is 1. The van der Waals surface area contributed by atoms with Crippen LogP contribution in [-0.4, -0.2) is 52.0 Å². The number of piperidine rings is 1. The molecule has 4 rings (SSSR count). The molecule has 0 amide bonds. The molecule has 1 aliphatic carbocycles. The van der Waals surface area contributed by atoms with Crippen LogP contribution in [0.2, 0.25) is 0 Å². The van der Waals surface area contributed by atoms with E-state index in [0.29, 0.717) is 0 Å². The number of aromatic amines is 1. The molecular weight excluding hydrogens is 344 g/mol. The van der Waals surface area contributed by atoms with E-state index >= 15 is 0 Å². The van der Waals surface area contributed by atoms with E-state index in [1.165, 1.54) is 82.3 Å². The zero-order valence-corrected chi connectivity index (χ0v) is 17.4. The zero-order chi connectivity index (χ0) is 19.2. The van der Waals surface area contributed by atoms with Crippen LogP contribution in [0.4, 0.5) is 0 Å². The highest BCUT2D eigenvalue weighted by atomic mass is 15.2. The van der Waals surface area contributed by atoms with E-state index in [0.717, 1.165) is 24.3 Å². The molecule has 0 radical (unpaired) electrons. The number of likely N-dealkylation sites (tertiary alicyclic amines) is 1. The van der Waals surface area contributed by atoms with Gasteiger partial charge in [-0.15, -0.1) is 0 Å². The molecule has 152 valence electrons. The van der Waals surface area contributed by atoms with Crippen LogP contribution >= 0.6 is 0 Å². The second-order valence-corrected chi connectivity index (χ2v) is 8.87. The Kier molecular flexibility index (Phi) is 6.81. The lowest BCUT2D eigenvalue weighted by Gasteiger charge is -2.37. The third-order valence-electron chi connectivity index (χ3n) is 6.91. The van der Waals surface area contributed by atoms with Crippen molar-refractivity contribution in [2.75, 3.05) is 26.2 Å². The second kappa shape index (κ2) is 9.71. The first-order valence-electron chi connectivity index (χ1n) is 11.3. The molecule has 2 aliphatic rings. The summed E-state index contributed by atoms with van der Waals surface area (Å²) in [6, 6.07) is 9.60. The van der Waals surface area contributed by atoms with Crippen LogP contribution in [0.5, 0.6) is 0 Å². The number of nitrogens with zero attached hydrogens (tertiary/aromatic N) is 3. The summed E-state index contributed by atoms with van der Waals surface area (Å²) in [6.45, 7) is 8.20. The van der Waals surface area contributed by atoms with Crippen LogP contribution in [-0.2, 0) is 13.0 Å². The Balaban J connectivity index is 1.25. The average molecular weight is 381 g/mol. The fraction of sp³-hybridized carbons (Fsp3) is 0.625. The Hall–Kier alpha value is -1.65. The third kappa shape index (κ3) is 5.24. The molecule has 2 aromatic rings. The van der Waals surface area contributed by atoms with Gasteiger partial charge in [-0.1, -0.05) is 37.1 Å². The number of H-pyrrole nitrogens is 1. The first kappa shape index (κ1) is 19.7. The van der Waals surface area contributed by atoms with E-state index in [4.69, 9.17) is 0 Å².